The fourth-order valence-electron chi connectivity index (χ4n) is 2.95. The summed E-state index contributed by atoms with van der Waals surface area (Å²) in [4.78, 5) is 2.37. The Hall–Kier alpha value is -1.80. The predicted octanol–water partition coefficient (Wildman–Crippen LogP) is 3.38. The smallest absolute Gasteiger partial charge is 0.0991 e. The fraction of sp³-hybridized carbons (Fsp3) is 0.316. The number of benzene rings is 2. The van der Waals surface area contributed by atoms with E-state index in [9.17, 15) is 5.11 Å². The van der Waals surface area contributed by atoms with Crippen molar-refractivity contribution < 1.29 is 5.11 Å². The summed E-state index contributed by atoms with van der Waals surface area (Å²) in [5, 5.41) is 19.4. The monoisotopic (exact) mass is 324 g/mol. The lowest BCUT2D eigenvalue weighted by molar-refractivity contribution is 0.0944. The third-order valence-electron chi connectivity index (χ3n) is 4.26. The van der Waals surface area contributed by atoms with Crippen molar-refractivity contribution in [1.29, 1.82) is 5.26 Å². The molecule has 0 aliphatic carbocycles. The van der Waals surface area contributed by atoms with Gasteiger partial charge in [-0.2, -0.15) is 17.0 Å². The minimum absolute atomic E-state index is 0.350. The highest BCUT2D eigenvalue weighted by Gasteiger charge is 2.26. The van der Waals surface area contributed by atoms with Crippen molar-refractivity contribution in [2.45, 2.75) is 12.1 Å². The van der Waals surface area contributed by atoms with Gasteiger partial charge in [0, 0.05) is 30.6 Å². The van der Waals surface area contributed by atoms with Crippen molar-refractivity contribution in [3.8, 4) is 6.07 Å². The topological polar surface area (TPSA) is 47.3 Å². The van der Waals surface area contributed by atoms with Crippen LogP contribution in [0.2, 0.25) is 0 Å². The van der Waals surface area contributed by atoms with Crippen LogP contribution in [0, 0.1) is 11.3 Å². The second-order valence-corrected chi connectivity index (χ2v) is 6.90. The molecule has 0 saturated carbocycles. The van der Waals surface area contributed by atoms with Gasteiger partial charge in [0.2, 0.25) is 0 Å². The number of nitriles is 1. The lowest BCUT2D eigenvalue weighted by Crippen LogP contribution is -2.38. The summed E-state index contributed by atoms with van der Waals surface area (Å²) in [7, 11) is 0. The molecule has 0 amide bonds. The highest BCUT2D eigenvalue weighted by molar-refractivity contribution is 7.99. The molecule has 23 heavy (non-hydrogen) atoms. The van der Waals surface area contributed by atoms with Crippen LogP contribution in [0.5, 0.6) is 0 Å². The average Bonchev–Trinajstić information content (AvgIpc) is 2.63. The van der Waals surface area contributed by atoms with Crippen molar-refractivity contribution in [2.24, 2.45) is 0 Å². The molecule has 0 bridgehead atoms. The molecule has 0 aromatic heterocycles. The number of thioether (sulfide) groups is 1. The zero-order valence-electron chi connectivity index (χ0n) is 12.9. The molecule has 0 spiro atoms. The van der Waals surface area contributed by atoms with Crippen LogP contribution in [-0.4, -0.2) is 34.6 Å². The van der Waals surface area contributed by atoms with Crippen LogP contribution in [0.25, 0.3) is 0 Å². The Morgan fingerprint density at radius 3 is 2.61 bits per heavy atom. The van der Waals surface area contributed by atoms with Gasteiger partial charge in [-0.05, 0) is 23.3 Å². The van der Waals surface area contributed by atoms with Crippen LogP contribution in [0.15, 0.2) is 54.6 Å². The van der Waals surface area contributed by atoms with E-state index < -0.39 is 6.10 Å². The maximum absolute atomic E-state index is 10.6. The second kappa shape index (κ2) is 7.65. The summed E-state index contributed by atoms with van der Waals surface area (Å²) >= 11 is 1.97. The summed E-state index contributed by atoms with van der Waals surface area (Å²) in [5.74, 6) is 2.16. The van der Waals surface area contributed by atoms with Crippen LogP contribution in [0.4, 0.5) is 0 Å². The Balaban J connectivity index is 1.72. The van der Waals surface area contributed by atoms with Crippen molar-refractivity contribution in [1.82, 2.24) is 4.90 Å². The van der Waals surface area contributed by atoms with E-state index in [-0.39, 0.29) is 0 Å². The first kappa shape index (κ1) is 16.1. The molecule has 1 fully saturated rings. The highest BCUT2D eigenvalue weighted by Crippen LogP contribution is 2.31. The first-order valence-corrected chi connectivity index (χ1v) is 8.98. The second-order valence-electron chi connectivity index (χ2n) is 5.75. The Morgan fingerprint density at radius 1 is 1.17 bits per heavy atom. The zero-order valence-corrected chi connectivity index (χ0v) is 13.7. The highest BCUT2D eigenvalue weighted by atomic mass is 32.2. The van der Waals surface area contributed by atoms with E-state index in [0.717, 1.165) is 23.6 Å². The number of nitrogens with zero attached hydrogens (tertiary/aromatic N) is 2. The third kappa shape index (κ3) is 3.94. The van der Waals surface area contributed by atoms with Crippen LogP contribution < -0.4 is 0 Å². The molecular formula is C19H20N2OS. The Bertz CT molecular complexity index is 666. The molecular weight excluding hydrogens is 304 g/mol. The van der Waals surface area contributed by atoms with Gasteiger partial charge < -0.3 is 5.11 Å². The molecule has 2 aromatic rings. The summed E-state index contributed by atoms with van der Waals surface area (Å²) in [6.45, 7) is 1.60. The summed E-state index contributed by atoms with van der Waals surface area (Å²) in [6, 6.07) is 20.2. The first-order chi connectivity index (χ1) is 11.3. The van der Waals surface area contributed by atoms with Crippen molar-refractivity contribution in [3.05, 3.63) is 71.3 Å². The standard InChI is InChI=1S/C19H20N2OS/c20-12-15-6-8-17(9-7-15)19(22)13-21-10-11-23-14-18(21)16-4-2-1-3-5-16/h1-9,18-19,22H,10-11,13-14H2. The van der Waals surface area contributed by atoms with Gasteiger partial charge in [-0.3, -0.25) is 4.90 Å². The third-order valence-corrected chi connectivity index (χ3v) is 5.28. The molecule has 1 aliphatic rings. The predicted molar refractivity (Wildman–Crippen MR) is 94.2 cm³/mol. The fourth-order valence-corrected chi connectivity index (χ4v) is 4.10. The van der Waals surface area contributed by atoms with Gasteiger partial charge in [0.05, 0.1) is 17.7 Å². The Morgan fingerprint density at radius 2 is 1.91 bits per heavy atom. The van der Waals surface area contributed by atoms with Crippen LogP contribution in [0.1, 0.15) is 28.8 Å². The molecule has 1 saturated heterocycles. The van der Waals surface area contributed by atoms with Crippen molar-refractivity contribution in [2.75, 3.05) is 24.6 Å². The Labute approximate surface area is 141 Å². The quantitative estimate of drug-likeness (QED) is 0.936. The van der Waals surface area contributed by atoms with E-state index in [1.807, 2.05) is 30.0 Å². The molecule has 2 unspecified atom stereocenters. The minimum Gasteiger partial charge on any atom is -0.387 e. The van der Waals surface area contributed by atoms with Gasteiger partial charge in [-0.15, -0.1) is 0 Å². The van der Waals surface area contributed by atoms with Crippen LogP contribution in [-0.2, 0) is 0 Å². The van der Waals surface area contributed by atoms with E-state index in [2.05, 4.69) is 35.2 Å². The number of rotatable bonds is 4. The molecule has 2 atom stereocenters. The first-order valence-electron chi connectivity index (χ1n) is 7.83. The van der Waals surface area contributed by atoms with Gasteiger partial charge in [-0.1, -0.05) is 42.5 Å². The van der Waals surface area contributed by atoms with Gasteiger partial charge in [0.15, 0.2) is 0 Å². The van der Waals surface area contributed by atoms with Gasteiger partial charge in [-0.25, -0.2) is 0 Å². The van der Waals surface area contributed by atoms with Crippen molar-refractivity contribution >= 4 is 11.8 Å². The van der Waals surface area contributed by atoms with Gasteiger partial charge >= 0.3 is 0 Å². The molecule has 3 rings (SSSR count). The zero-order chi connectivity index (χ0) is 16.1. The summed E-state index contributed by atoms with van der Waals surface area (Å²) in [6.07, 6.45) is -0.531. The average molecular weight is 324 g/mol. The van der Waals surface area contributed by atoms with Crippen molar-refractivity contribution in [3.63, 3.8) is 0 Å². The van der Waals surface area contributed by atoms with Gasteiger partial charge in [0.1, 0.15) is 0 Å². The SMILES string of the molecule is N#Cc1ccc(C(O)CN2CCSCC2c2ccccc2)cc1. The molecule has 1 N–H and O–H groups in total. The lowest BCUT2D eigenvalue weighted by Gasteiger charge is -2.37. The maximum Gasteiger partial charge on any atom is 0.0991 e. The van der Waals surface area contributed by atoms with Crippen LogP contribution in [0.3, 0.4) is 0 Å². The Kier molecular flexibility index (Phi) is 5.35. The van der Waals surface area contributed by atoms with E-state index in [0.29, 0.717) is 18.2 Å². The van der Waals surface area contributed by atoms with Crippen LogP contribution >= 0.6 is 11.8 Å². The number of aliphatic hydroxyl groups excluding tert-OH is 1. The molecule has 1 aliphatic heterocycles. The van der Waals surface area contributed by atoms with E-state index in [1.54, 1.807) is 12.1 Å². The lowest BCUT2D eigenvalue weighted by atomic mass is 10.0. The minimum atomic E-state index is -0.531. The molecule has 3 nitrogen and oxygen atoms in total. The van der Waals surface area contributed by atoms with E-state index in [1.165, 1.54) is 5.56 Å². The molecule has 1 heterocycles. The molecule has 118 valence electrons. The molecule has 0 radical (unpaired) electrons. The van der Waals surface area contributed by atoms with Gasteiger partial charge in [0.25, 0.3) is 0 Å². The normalized spacial score (nSPS) is 19.9. The van der Waals surface area contributed by atoms with E-state index >= 15 is 0 Å². The summed E-state index contributed by atoms with van der Waals surface area (Å²) in [5.41, 5.74) is 2.80. The molecule has 2 aromatic carbocycles. The number of hydrogen-bond acceptors (Lipinski definition) is 4. The molecule has 4 heteroatoms. The number of hydrogen-bond donors (Lipinski definition) is 1. The maximum atomic E-state index is 10.6. The number of β-amino-alcohol motifs (C(OH)–C–C–N with tert-alkyl or cyclic N) is 1. The summed E-state index contributed by atoms with van der Waals surface area (Å²) < 4.78 is 0. The van der Waals surface area contributed by atoms with E-state index in [4.69, 9.17) is 5.26 Å². The largest absolute Gasteiger partial charge is 0.387 e. The number of aliphatic hydroxyl groups is 1.